The molecule has 0 saturated carbocycles. The molecule has 0 unspecified atom stereocenters. The standard InChI is InChI=1S/C16H11F7N2O2/c17-13-7-10(15(18,19)20)2-1-9(13)8-24-14(26)25-11-3-5-12(6-4-11)27-16(21,22)23/h1-7H,8H2,(H2,24,25,26). The maximum absolute atomic E-state index is 13.7. The average molecular weight is 396 g/mol. The second-order valence-electron chi connectivity index (χ2n) is 5.18. The van der Waals surface area contributed by atoms with Crippen molar-refractivity contribution in [2.45, 2.75) is 19.1 Å². The van der Waals surface area contributed by atoms with E-state index in [-0.39, 0.29) is 11.3 Å². The number of ether oxygens (including phenoxy) is 1. The Kier molecular flexibility index (Phi) is 5.82. The van der Waals surface area contributed by atoms with Gasteiger partial charge in [0.25, 0.3) is 0 Å². The summed E-state index contributed by atoms with van der Waals surface area (Å²) in [7, 11) is 0. The summed E-state index contributed by atoms with van der Waals surface area (Å²) in [6.45, 7) is -0.398. The summed E-state index contributed by atoms with van der Waals surface area (Å²) >= 11 is 0. The average Bonchev–Trinajstić information content (AvgIpc) is 2.53. The van der Waals surface area contributed by atoms with E-state index in [1.165, 1.54) is 0 Å². The third-order valence-electron chi connectivity index (χ3n) is 3.17. The molecular formula is C16H11F7N2O2. The molecule has 0 spiro atoms. The highest BCUT2D eigenvalue weighted by Crippen LogP contribution is 2.30. The van der Waals surface area contributed by atoms with Crippen LogP contribution in [0.25, 0.3) is 0 Å². The Morgan fingerprint density at radius 2 is 1.59 bits per heavy atom. The quantitative estimate of drug-likeness (QED) is 0.710. The first-order chi connectivity index (χ1) is 12.4. The van der Waals surface area contributed by atoms with Crippen molar-refractivity contribution < 1.29 is 40.3 Å². The first-order valence-corrected chi connectivity index (χ1v) is 7.20. The monoisotopic (exact) mass is 396 g/mol. The first-order valence-electron chi connectivity index (χ1n) is 7.20. The normalized spacial score (nSPS) is 11.8. The van der Waals surface area contributed by atoms with E-state index in [0.717, 1.165) is 30.3 Å². The molecule has 4 nitrogen and oxygen atoms in total. The SMILES string of the molecule is O=C(NCc1ccc(C(F)(F)F)cc1F)Nc1ccc(OC(F)(F)F)cc1. The molecule has 0 fully saturated rings. The number of hydrogen-bond acceptors (Lipinski definition) is 2. The molecule has 146 valence electrons. The van der Waals surface area contributed by atoms with E-state index in [4.69, 9.17) is 0 Å². The second kappa shape index (κ2) is 7.72. The lowest BCUT2D eigenvalue weighted by Crippen LogP contribution is -2.28. The maximum Gasteiger partial charge on any atom is 0.573 e. The number of carbonyl (C=O) groups is 1. The zero-order valence-corrected chi connectivity index (χ0v) is 13.2. The van der Waals surface area contributed by atoms with E-state index >= 15 is 0 Å². The lowest BCUT2D eigenvalue weighted by Gasteiger charge is -2.12. The molecule has 27 heavy (non-hydrogen) atoms. The minimum atomic E-state index is -4.85. The molecule has 0 atom stereocenters. The number of rotatable bonds is 4. The molecule has 2 rings (SSSR count). The van der Waals surface area contributed by atoms with Crippen molar-refractivity contribution >= 4 is 11.7 Å². The highest BCUT2D eigenvalue weighted by molar-refractivity contribution is 5.89. The van der Waals surface area contributed by atoms with E-state index in [1.807, 2.05) is 0 Å². The van der Waals surface area contributed by atoms with Crippen molar-refractivity contribution in [1.29, 1.82) is 0 Å². The number of halogens is 7. The molecule has 0 bridgehead atoms. The highest BCUT2D eigenvalue weighted by Gasteiger charge is 2.31. The van der Waals surface area contributed by atoms with Crippen LogP contribution in [0, 0.1) is 5.82 Å². The van der Waals surface area contributed by atoms with Crippen molar-refractivity contribution in [3.05, 3.63) is 59.4 Å². The number of carbonyl (C=O) groups excluding carboxylic acids is 1. The van der Waals surface area contributed by atoms with Crippen LogP contribution in [0.3, 0.4) is 0 Å². The Morgan fingerprint density at radius 3 is 2.11 bits per heavy atom. The Bertz CT molecular complexity index is 802. The summed E-state index contributed by atoms with van der Waals surface area (Å²) in [5, 5.41) is 4.48. The first kappa shape index (κ1) is 20.3. The van der Waals surface area contributed by atoms with Crippen LogP contribution in [0.1, 0.15) is 11.1 Å². The summed E-state index contributed by atoms with van der Waals surface area (Å²) in [6, 6.07) is 5.27. The minimum absolute atomic E-state index is 0.120. The number of hydrogen-bond donors (Lipinski definition) is 2. The van der Waals surface area contributed by atoms with Crippen LogP contribution in [0.5, 0.6) is 5.75 Å². The molecule has 0 radical (unpaired) electrons. The molecular weight excluding hydrogens is 385 g/mol. The van der Waals surface area contributed by atoms with Crippen LogP contribution in [-0.2, 0) is 12.7 Å². The largest absolute Gasteiger partial charge is 0.573 e. The van der Waals surface area contributed by atoms with Crippen LogP contribution < -0.4 is 15.4 Å². The van der Waals surface area contributed by atoms with Crippen LogP contribution in [0.2, 0.25) is 0 Å². The van der Waals surface area contributed by atoms with E-state index in [1.54, 1.807) is 0 Å². The van der Waals surface area contributed by atoms with Crippen molar-refractivity contribution in [2.24, 2.45) is 0 Å². The summed E-state index contributed by atoms with van der Waals surface area (Å²) in [5.74, 6) is -1.63. The van der Waals surface area contributed by atoms with Crippen molar-refractivity contribution in [3.8, 4) is 5.75 Å². The molecule has 0 saturated heterocycles. The second-order valence-corrected chi connectivity index (χ2v) is 5.18. The van der Waals surface area contributed by atoms with Crippen LogP contribution in [0.15, 0.2) is 42.5 Å². The number of nitrogens with one attached hydrogen (secondary N) is 2. The van der Waals surface area contributed by atoms with Crippen LogP contribution in [-0.4, -0.2) is 12.4 Å². The maximum atomic E-state index is 13.7. The van der Waals surface area contributed by atoms with Gasteiger partial charge in [-0.2, -0.15) is 13.2 Å². The zero-order valence-electron chi connectivity index (χ0n) is 13.2. The van der Waals surface area contributed by atoms with Gasteiger partial charge in [0.15, 0.2) is 0 Å². The Balaban J connectivity index is 1.91. The van der Waals surface area contributed by atoms with Crippen molar-refractivity contribution in [2.75, 3.05) is 5.32 Å². The molecule has 0 aliphatic heterocycles. The molecule has 0 aliphatic rings. The number of anilines is 1. The van der Waals surface area contributed by atoms with Crippen molar-refractivity contribution in [1.82, 2.24) is 5.32 Å². The minimum Gasteiger partial charge on any atom is -0.406 e. The van der Waals surface area contributed by atoms with Gasteiger partial charge in [-0.25, -0.2) is 9.18 Å². The zero-order chi connectivity index (χ0) is 20.2. The highest BCUT2D eigenvalue weighted by atomic mass is 19.4. The molecule has 2 aromatic carbocycles. The molecule has 2 aromatic rings. The number of alkyl halides is 6. The lowest BCUT2D eigenvalue weighted by atomic mass is 10.1. The van der Waals surface area contributed by atoms with Crippen LogP contribution in [0.4, 0.5) is 41.2 Å². The molecule has 0 heterocycles. The fourth-order valence-corrected chi connectivity index (χ4v) is 1.96. The number of benzene rings is 2. The molecule has 0 aliphatic carbocycles. The predicted molar refractivity (Wildman–Crippen MR) is 80.4 cm³/mol. The fraction of sp³-hybridized carbons (Fsp3) is 0.188. The van der Waals surface area contributed by atoms with E-state index in [0.29, 0.717) is 12.1 Å². The van der Waals surface area contributed by atoms with Gasteiger partial charge in [-0.3, -0.25) is 0 Å². The summed E-state index contributed by atoms with van der Waals surface area (Å²) in [4.78, 5) is 11.7. The summed E-state index contributed by atoms with van der Waals surface area (Å²) in [5.41, 5.74) is -1.21. The van der Waals surface area contributed by atoms with E-state index < -0.39 is 42.2 Å². The summed E-state index contributed by atoms with van der Waals surface area (Å²) < 4.78 is 90.8. The molecule has 2 amide bonds. The van der Waals surface area contributed by atoms with E-state index in [9.17, 15) is 35.5 Å². The topological polar surface area (TPSA) is 50.4 Å². The Morgan fingerprint density at radius 1 is 0.963 bits per heavy atom. The Labute approximate surface area is 147 Å². The van der Waals surface area contributed by atoms with Crippen LogP contribution >= 0.6 is 0 Å². The smallest absolute Gasteiger partial charge is 0.406 e. The van der Waals surface area contributed by atoms with Gasteiger partial charge in [-0.15, -0.1) is 13.2 Å². The third kappa shape index (κ3) is 6.35. The van der Waals surface area contributed by atoms with Gasteiger partial charge in [-0.05, 0) is 36.4 Å². The number of amides is 2. The van der Waals surface area contributed by atoms with Gasteiger partial charge < -0.3 is 15.4 Å². The molecule has 2 N–H and O–H groups in total. The van der Waals surface area contributed by atoms with Gasteiger partial charge in [0.1, 0.15) is 11.6 Å². The van der Waals surface area contributed by atoms with Gasteiger partial charge >= 0.3 is 18.6 Å². The van der Waals surface area contributed by atoms with Crippen molar-refractivity contribution in [3.63, 3.8) is 0 Å². The van der Waals surface area contributed by atoms with Gasteiger partial charge in [0.2, 0.25) is 0 Å². The molecule has 0 aromatic heterocycles. The summed E-state index contributed by atoms with van der Waals surface area (Å²) in [6.07, 6.45) is -9.54. The van der Waals surface area contributed by atoms with Gasteiger partial charge in [-0.1, -0.05) is 6.07 Å². The van der Waals surface area contributed by atoms with Gasteiger partial charge in [0.05, 0.1) is 5.56 Å². The fourth-order valence-electron chi connectivity index (χ4n) is 1.96. The predicted octanol–water partition coefficient (Wildman–Crippen LogP) is 5.06. The number of urea groups is 1. The Hall–Kier alpha value is -2.98. The molecule has 11 heteroatoms. The van der Waals surface area contributed by atoms with E-state index in [2.05, 4.69) is 15.4 Å². The lowest BCUT2D eigenvalue weighted by molar-refractivity contribution is -0.274. The van der Waals surface area contributed by atoms with Gasteiger partial charge in [0, 0.05) is 17.8 Å². The third-order valence-corrected chi connectivity index (χ3v) is 3.17.